The maximum absolute atomic E-state index is 12.5. The fourth-order valence-corrected chi connectivity index (χ4v) is 3.03. The lowest BCUT2D eigenvalue weighted by Crippen LogP contribution is -2.18. The van der Waals surface area contributed by atoms with Crippen LogP contribution < -0.4 is 20.2 Å². The number of carbonyl (C=O) groups is 2. The van der Waals surface area contributed by atoms with Gasteiger partial charge in [-0.1, -0.05) is 12.1 Å². The summed E-state index contributed by atoms with van der Waals surface area (Å²) in [5.41, 5.74) is 4.92. The predicted molar refractivity (Wildman–Crippen MR) is 113 cm³/mol. The van der Waals surface area contributed by atoms with Gasteiger partial charge in [0, 0.05) is 11.3 Å². The molecule has 0 saturated carbocycles. The van der Waals surface area contributed by atoms with Gasteiger partial charge < -0.3 is 19.2 Å². The summed E-state index contributed by atoms with van der Waals surface area (Å²) in [5.74, 6) is 0.613. The summed E-state index contributed by atoms with van der Waals surface area (Å²) >= 11 is 3.14. The first-order valence-electron chi connectivity index (χ1n) is 8.91. The minimum Gasteiger partial charge on any atom is -0.454 e. The van der Waals surface area contributed by atoms with Gasteiger partial charge in [-0.25, -0.2) is 5.43 Å². The molecule has 9 heteroatoms. The first-order valence-corrected chi connectivity index (χ1v) is 9.70. The Morgan fingerprint density at radius 3 is 2.40 bits per heavy atom. The van der Waals surface area contributed by atoms with Crippen molar-refractivity contribution in [3.05, 3.63) is 76.2 Å². The molecule has 0 radical (unpaired) electrons. The number of hydrogen-bond donors (Lipinski definition) is 2. The second-order valence-electron chi connectivity index (χ2n) is 6.34. The number of nitrogens with zero attached hydrogens (tertiary/aromatic N) is 1. The van der Waals surface area contributed by atoms with Crippen LogP contribution in [0.4, 0.5) is 5.69 Å². The van der Waals surface area contributed by atoms with Crippen LogP contribution >= 0.6 is 15.9 Å². The average molecular weight is 470 g/mol. The Hall–Kier alpha value is -3.59. The van der Waals surface area contributed by atoms with Crippen LogP contribution in [0.2, 0.25) is 0 Å². The first-order chi connectivity index (χ1) is 14.5. The molecule has 152 valence electrons. The summed E-state index contributed by atoms with van der Waals surface area (Å²) in [6.45, 7) is 1.92. The van der Waals surface area contributed by atoms with E-state index in [0.717, 1.165) is 5.56 Å². The van der Waals surface area contributed by atoms with Crippen LogP contribution in [0.5, 0.6) is 11.5 Å². The Kier molecular flexibility index (Phi) is 5.53. The lowest BCUT2D eigenvalue weighted by molar-refractivity contribution is 0.0925. The van der Waals surface area contributed by atoms with Gasteiger partial charge in [0.05, 0.1) is 5.71 Å². The number of fused-ring (bicyclic) bond motifs is 1. The normalized spacial score (nSPS) is 12.5. The number of hydrogen-bond acceptors (Lipinski definition) is 6. The molecule has 3 aromatic rings. The maximum atomic E-state index is 12.5. The van der Waals surface area contributed by atoms with Crippen LogP contribution in [0, 0.1) is 0 Å². The zero-order valence-electron chi connectivity index (χ0n) is 15.8. The number of rotatable bonds is 5. The number of halogens is 1. The van der Waals surface area contributed by atoms with E-state index in [0.29, 0.717) is 33.1 Å². The van der Waals surface area contributed by atoms with Crippen molar-refractivity contribution < 1.29 is 23.5 Å². The molecule has 0 saturated heterocycles. The van der Waals surface area contributed by atoms with E-state index in [4.69, 9.17) is 13.9 Å². The monoisotopic (exact) mass is 469 g/mol. The Morgan fingerprint density at radius 1 is 0.933 bits per heavy atom. The molecule has 4 rings (SSSR count). The standard InChI is InChI=1S/C21H16BrN3O5/c1-12(24-25-21(27)17-8-9-19(22)30-17)13-2-5-15(6-3-13)23-20(26)14-4-7-16-18(10-14)29-11-28-16/h2-10H,11H2,1H3,(H,23,26)(H,25,27). The van der Waals surface area contributed by atoms with E-state index in [9.17, 15) is 9.59 Å². The quantitative estimate of drug-likeness (QED) is 0.431. The molecule has 2 amide bonds. The lowest BCUT2D eigenvalue weighted by atomic mass is 10.1. The Balaban J connectivity index is 1.38. The van der Waals surface area contributed by atoms with Crippen LogP contribution in [0.15, 0.2) is 68.8 Å². The van der Waals surface area contributed by atoms with E-state index < -0.39 is 5.91 Å². The zero-order valence-corrected chi connectivity index (χ0v) is 17.4. The fraction of sp³-hybridized carbons (Fsp3) is 0.0952. The van der Waals surface area contributed by atoms with Crippen LogP contribution in [-0.4, -0.2) is 24.3 Å². The van der Waals surface area contributed by atoms with E-state index in [1.54, 1.807) is 61.5 Å². The Bertz CT molecular complexity index is 1140. The minimum absolute atomic E-state index is 0.153. The summed E-state index contributed by atoms with van der Waals surface area (Å²) in [7, 11) is 0. The van der Waals surface area contributed by atoms with Crippen molar-refractivity contribution in [2.45, 2.75) is 6.92 Å². The highest BCUT2D eigenvalue weighted by atomic mass is 79.9. The highest BCUT2D eigenvalue weighted by Crippen LogP contribution is 2.32. The smallest absolute Gasteiger partial charge is 0.307 e. The third-order valence-electron chi connectivity index (χ3n) is 4.32. The van der Waals surface area contributed by atoms with Crippen LogP contribution in [-0.2, 0) is 0 Å². The summed E-state index contributed by atoms with van der Waals surface area (Å²) < 4.78 is 16.2. The Morgan fingerprint density at radius 2 is 1.67 bits per heavy atom. The number of furan rings is 1. The van der Waals surface area contributed by atoms with Gasteiger partial charge in [0.15, 0.2) is 21.9 Å². The highest BCUT2D eigenvalue weighted by Gasteiger charge is 2.16. The second-order valence-corrected chi connectivity index (χ2v) is 7.12. The van der Waals surface area contributed by atoms with Crippen molar-refractivity contribution in [3.63, 3.8) is 0 Å². The van der Waals surface area contributed by atoms with Gasteiger partial charge in [0.2, 0.25) is 6.79 Å². The van der Waals surface area contributed by atoms with Gasteiger partial charge in [0.25, 0.3) is 5.91 Å². The van der Waals surface area contributed by atoms with Gasteiger partial charge in [0.1, 0.15) is 0 Å². The molecule has 0 aliphatic carbocycles. The number of hydrazone groups is 1. The predicted octanol–water partition coefficient (Wildman–Crippen LogP) is 4.18. The molecule has 0 atom stereocenters. The van der Waals surface area contributed by atoms with Gasteiger partial charge in [-0.05, 0) is 70.9 Å². The number of anilines is 1. The average Bonchev–Trinajstić information content (AvgIpc) is 3.40. The minimum atomic E-state index is -0.451. The summed E-state index contributed by atoms with van der Waals surface area (Å²) in [5, 5.41) is 6.91. The molecule has 2 heterocycles. The van der Waals surface area contributed by atoms with Crippen LogP contribution in [0.3, 0.4) is 0 Å². The first kappa shape index (κ1) is 19.7. The van der Waals surface area contributed by atoms with E-state index in [1.807, 2.05) is 0 Å². The number of amides is 2. The van der Waals surface area contributed by atoms with E-state index in [1.165, 1.54) is 0 Å². The molecular weight excluding hydrogens is 454 g/mol. The second kappa shape index (κ2) is 8.42. The number of benzene rings is 2. The van der Waals surface area contributed by atoms with Crippen molar-refractivity contribution in [2.24, 2.45) is 5.10 Å². The number of nitrogens with one attached hydrogen (secondary N) is 2. The van der Waals surface area contributed by atoms with Gasteiger partial charge in [-0.2, -0.15) is 5.10 Å². The molecule has 0 unspecified atom stereocenters. The molecule has 0 fully saturated rings. The number of carbonyl (C=O) groups excluding carboxylic acids is 2. The fourth-order valence-electron chi connectivity index (χ4n) is 2.73. The maximum Gasteiger partial charge on any atom is 0.307 e. The zero-order chi connectivity index (χ0) is 21.1. The molecular formula is C21H16BrN3O5. The van der Waals surface area contributed by atoms with Crippen molar-refractivity contribution in [1.29, 1.82) is 0 Å². The molecule has 1 aliphatic rings. The molecule has 2 aromatic carbocycles. The molecule has 0 bridgehead atoms. The Labute approximate surface area is 180 Å². The number of ether oxygens (including phenoxy) is 2. The van der Waals surface area contributed by atoms with Crippen LogP contribution in [0.1, 0.15) is 33.4 Å². The van der Waals surface area contributed by atoms with Gasteiger partial charge in [-0.3, -0.25) is 9.59 Å². The van der Waals surface area contributed by atoms with E-state index in [2.05, 4.69) is 31.8 Å². The van der Waals surface area contributed by atoms with E-state index >= 15 is 0 Å². The molecule has 0 spiro atoms. The van der Waals surface area contributed by atoms with E-state index in [-0.39, 0.29) is 18.5 Å². The molecule has 1 aliphatic heterocycles. The lowest BCUT2D eigenvalue weighted by Gasteiger charge is -2.07. The van der Waals surface area contributed by atoms with Crippen molar-refractivity contribution in [3.8, 4) is 11.5 Å². The van der Waals surface area contributed by atoms with Crippen molar-refractivity contribution >= 4 is 39.1 Å². The third-order valence-corrected chi connectivity index (χ3v) is 4.74. The summed E-state index contributed by atoms with van der Waals surface area (Å²) in [6.07, 6.45) is 0. The molecule has 30 heavy (non-hydrogen) atoms. The topological polar surface area (TPSA) is 102 Å². The third kappa shape index (κ3) is 4.36. The van der Waals surface area contributed by atoms with Crippen LogP contribution in [0.25, 0.3) is 0 Å². The SMILES string of the molecule is CC(=NNC(=O)c1ccc(Br)o1)c1ccc(NC(=O)c2ccc3c(c2)OCO3)cc1. The molecule has 8 nitrogen and oxygen atoms in total. The van der Waals surface area contributed by atoms with Crippen molar-refractivity contribution in [1.82, 2.24) is 5.43 Å². The summed E-state index contributed by atoms with van der Waals surface area (Å²) in [4.78, 5) is 24.4. The molecule has 2 N–H and O–H groups in total. The van der Waals surface area contributed by atoms with Crippen molar-refractivity contribution in [2.75, 3.05) is 12.1 Å². The highest BCUT2D eigenvalue weighted by molar-refractivity contribution is 9.10. The van der Waals surface area contributed by atoms with Gasteiger partial charge >= 0.3 is 5.91 Å². The largest absolute Gasteiger partial charge is 0.454 e. The van der Waals surface area contributed by atoms with Gasteiger partial charge in [-0.15, -0.1) is 0 Å². The molecule has 1 aromatic heterocycles. The summed E-state index contributed by atoms with van der Waals surface area (Å²) in [6, 6.07) is 15.3.